The second-order valence-corrected chi connectivity index (χ2v) is 10.3. The average Bonchev–Trinajstić information content (AvgIpc) is 2.64. The molecule has 2 bridgehead atoms. The van der Waals surface area contributed by atoms with Crippen molar-refractivity contribution in [3.63, 3.8) is 0 Å². The number of aliphatic hydroxyl groups is 1. The average molecular weight is 413 g/mol. The number of aliphatic hydroxyl groups excluding tert-OH is 1. The minimum absolute atomic E-state index is 0.144. The van der Waals surface area contributed by atoms with Crippen LogP contribution in [0.3, 0.4) is 0 Å². The van der Waals surface area contributed by atoms with Gasteiger partial charge in [-0.15, -0.1) is 13.2 Å². The molecule has 0 aromatic heterocycles. The van der Waals surface area contributed by atoms with Crippen molar-refractivity contribution >= 4 is 11.6 Å². The molecule has 0 radical (unpaired) electrons. The molecule has 0 aromatic rings. The summed E-state index contributed by atoms with van der Waals surface area (Å²) >= 11 is 0. The topological polar surface area (TPSA) is 63.6 Å². The summed E-state index contributed by atoms with van der Waals surface area (Å²) in [6.45, 7) is 18.1. The fraction of sp³-hybridized carbons (Fsp3) is 0.615. The van der Waals surface area contributed by atoms with Gasteiger partial charge in [0.25, 0.3) is 0 Å². The van der Waals surface area contributed by atoms with Crippen LogP contribution in [-0.4, -0.2) is 28.9 Å². The van der Waals surface area contributed by atoms with E-state index in [0.717, 1.165) is 6.42 Å². The van der Waals surface area contributed by atoms with Crippen molar-refractivity contribution in [3.8, 4) is 0 Å². The van der Waals surface area contributed by atoms with E-state index >= 15 is 0 Å². The van der Waals surface area contributed by atoms with Gasteiger partial charge in [-0.3, -0.25) is 9.59 Å². The maximum Gasteiger partial charge on any atom is 0.173 e. The van der Waals surface area contributed by atoms with E-state index in [2.05, 4.69) is 46.9 Å². The lowest BCUT2D eigenvalue weighted by Gasteiger charge is -2.69. The molecule has 3 rings (SSSR count). The van der Waals surface area contributed by atoms with Gasteiger partial charge in [0.1, 0.15) is 12.0 Å². The van der Waals surface area contributed by atoms with E-state index in [9.17, 15) is 14.7 Å². The SMILES string of the molecule is C=CC[C@@]12C[C@@H](CC=C(C)C)C(C)(C)[C@@](CC=C)(C3OC(C)=CC(=O)C3C1=O)C2O. The smallest absolute Gasteiger partial charge is 0.173 e. The number of ketones is 2. The van der Waals surface area contributed by atoms with E-state index in [4.69, 9.17) is 4.74 Å². The Balaban J connectivity index is 2.31. The Morgan fingerprint density at radius 1 is 1.23 bits per heavy atom. The van der Waals surface area contributed by atoms with Crippen molar-refractivity contribution in [2.24, 2.45) is 28.1 Å². The van der Waals surface area contributed by atoms with Gasteiger partial charge in [-0.1, -0.05) is 37.6 Å². The molecule has 1 N–H and O–H groups in total. The predicted octanol–water partition coefficient (Wildman–Crippen LogP) is 4.95. The summed E-state index contributed by atoms with van der Waals surface area (Å²) in [6, 6.07) is 0. The van der Waals surface area contributed by atoms with Crippen molar-refractivity contribution in [2.75, 3.05) is 0 Å². The molecule has 4 nitrogen and oxygen atoms in total. The van der Waals surface area contributed by atoms with Crippen LogP contribution in [-0.2, 0) is 14.3 Å². The molecule has 0 aromatic carbocycles. The van der Waals surface area contributed by atoms with Gasteiger partial charge in [0, 0.05) is 11.5 Å². The molecule has 2 saturated carbocycles. The first-order chi connectivity index (χ1) is 14.0. The zero-order valence-electron chi connectivity index (χ0n) is 19.0. The maximum absolute atomic E-state index is 13.9. The fourth-order valence-corrected chi connectivity index (χ4v) is 6.55. The standard InChI is InChI=1S/C26H36O4/c1-8-12-25-15-18(11-10-16(3)4)24(6,7)26(13-9-2,23(25)29)22-20(21(25)28)19(27)14-17(5)30-22/h8-10,14,18,20,22-23,29H,1-2,11-13,15H2,3-7H3/t18-,20?,22?,23?,25-,26+/m1/s1. The predicted molar refractivity (Wildman–Crippen MR) is 119 cm³/mol. The molecule has 1 aliphatic heterocycles. The summed E-state index contributed by atoms with van der Waals surface area (Å²) in [7, 11) is 0. The molecule has 0 amide bonds. The first kappa shape index (κ1) is 22.7. The highest BCUT2D eigenvalue weighted by atomic mass is 16.5. The Kier molecular flexibility index (Phi) is 5.79. The molecule has 2 fully saturated rings. The molecule has 2 aliphatic carbocycles. The Morgan fingerprint density at radius 3 is 2.43 bits per heavy atom. The van der Waals surface area contributed by atoms with Gasteiger partial charge >= 0.3 is 0 Å². The normalized spacial score (nSPS) is 39.3. The van der Waals surface area contributed by atoms with Crippen LogP contribution in [0.5, 0.6) is 0 Å². The number of carbonyl (C=O) groups excluding carboxylic acids is 2. The monoisotopic (exact) mass is 412 g/mol. The number of rotatable bonds is 6. The van der Waals surface area contributed by atoms with Crippen molar-refractivity contribution < 1.29 is 19.4 Å². The van der Waals surface area contributed by atoms with Crippen LogP contribution in [0, 0.1) is 28.1 Å². The molecule has 164 valence electrons. The summed E-state index contributed by atoms with van der Waals surface area (Å²) in [4.78, 5) is 26.9. The summed E-state index contributed by atoms with van der Waals surface area (Å²) in [5.41, 5.74) is -0.997. The van der Waals surface area contributed by atoms with Gasteiger partial charge in [0.2, 0.25) is 0 Å². The summed E-state index contributed by atoms with van der Waals surface area (Å²) in [5, 5.41) is 11.9. The number of ether oxygens (including phenoxy) is 1. The van der Waals surface area contributed by atoms with Gasteiger partial charge in [-0.05, 0) is 57.8 Å². The van der Waals surface area contributed by atoms with Crippen LogP contribution >= 0.6 is 0 Å². The minimum atomic E-state index is -1.03. The number of Topliss-reactive ketones (excluding diaryl/α,β-unsaturated/α-hetero) is 1. The van der Waals surface area contributed by atoms with Crippen molar-refractivity contribution in [3.05, 3.63) is 48.8 Å². The number of allylic oxidation sites excluding steroid dienone is 6. The largest absolute Gasteiger partial charge is 0.493 e. The minimum Gasteiger partial charge on any atom is -0.493 e. The van der Waals surface area contributed by atoms with Gasteiger partial charge < -0.3 is 9.84 Å². The van der Waals surface area contributed by atoms with Crippen molar-refractivity contribution in [1.29, 1.82) is 0 Å². The molecule has 0 saturated heterocycles. The van der Waals surface area contributed by atoms with Crippen molar-refractivity contribution in [1.82, 2.24) is 0 Å². The molecular weight excluding hydrogens is 376 g/mol. The molecule has 0 spiro atoms. The van der Waals surface area contributed by atoms with Crippen LogP contribution in [0.1, 0.15) is 60.3 Å². The van der Waals surface area contributed by atoms with Gasteiger partial charge in [-0.25, -0.2) is 0 Å². The quantitative estimate of drug-likeness (QED) is 0.495. The third-order valence-electron chi connectivity index (χ3n) is 8.19. The highest BCUT2D eigenvalue weighted by molar-refractivity contribution is 6.11. The summed E-state index contributed by atoms with van der Waals surface area (Å²) < 4.78 is 6.25. The van der Waals surface area contributed by atoms with E-state index < -0.39 is 34.4 Å². The van der Waals surface area contributed by atoms with E-state index in [-0.39, 0.29) is 17.5 Å². The molecule has 30 heavy (non-hydrogen) atoms. The Morgan fingerprint density at radius 2 is 1.87 bits per heavy atom. The number of hydrogen-bond donors (Lipinski definition) is 1. The van der Waals surface area contributed by atoms with Gasteiger partial charge in [0.15, 0.2) is 11.6 Å². The molecular formula is C26H36O4. The van der Waals surface area contributed by atoms with E-state index in [1.807, 2.05) is 0 Å². The third-order valence-corrected chi connectivity index (χ3v) is 8.19. The highest BCUT2D eigenvalue weighted by Crippen LogP contribution is 2.69. The number of hydrogen-bond acceptors (Lipinski definition) is 4. The molecule has 1 heterocycles. The van der Waals surface area contributed by atoms with Crippen LogP contribution in [0.2, 0.25) is 0 Å². The summed E-state index contributed by atoms with van der Waals surface area (Å²) in [6.07, 6.45) is 7.71. The lowest BCUT2D eigenvalue weighted by atomic mass is 9.36. The van der Waals surface area contributed by atoms with E-state index in [1.54, 1.807) is 19.1 Å². The van der Waals surface area contributed by atoms with E-state index in [0.29, 0.717) is 25.0 Å². The van der Waals surface area contributed by atoms with Gasteiger partial charge in [0.05, 0.1) is 17.3 Å². The van der Waals surface area contributed by atoms with E-state index in [1.165, 1.54) is 11.6 Å². The zero-order chi connectivity index (χ0) is 22.5. The number of carbonyl (C=O) groups is 2. The number of fused-ring (bicyclic) bond motifs is 4. The molecule has 4 heteroatoms. The molecule has 3 unspecified atom stereocenters. The fourth-order valence-electron chi connectivity index (χ4n) is 6.55. The maximum atomic E-state index is 13.9. The molecule has 3 aliphatic rings. The Hall–Kier alpha value is -1.94. The lowest BCUT2D eigenvalue weighted by Crippen LogP contribution is -2.76. The molecule has 6 atom stereocenters. The first-order valence-corrected chi connectivity index (χ1v) is 11.0. The van der Waals surface area contributed by atoms with Gasteiger partial charge in [-0.2, -0.15) is 0 Å². The third kappa shape index (κ3) is 2.90. The summed E-state index contributed by atoms with van der Waals surface area (Å²) in [5.74, 6) is -0.638. The van der Waals surface area contributed by atoms with Crippen LogP contribution < -0.4 is 0 Å². The van der Waals surface area contributed by atoms with Crippen LogP contribution in [0.4, 0.5) is 0 Å². The Labute approximate surface area is 180 Å². The lowest BCUT2D eigenvalue weighted by molar-refractivity contribution is -0.264. The van der Waals surface area contributed by atoms with Crippen LogP contribution in [0.15, 0.2) is 48.8 Å². The zero-order valence-corrected chi connectivity index (χ0v) is 19.0. The highest BCUT2D eigenvalue weighted by Gasteiger charge is 2.75. The second kappa shape index (κ2) is 7.64. The second-order valence-electron chi connectivity index (χ2n) is 10.3. The Bertz CT molecular complexity index is 828. The van der Waals surface area contributed by atoms with Crippen LogP contribution in [0.25, 0.3) is 0 Å². The van der Waals surface area contributed by atoms with Crippen molar-refractivity contribution in [2.45, 2.75) is 72.5 Å². The first-order valence-electron chi connectivity index (χ1n) is 11.0.